The van der Waals surface area contributed by atoms with Crippen molar-refractivity contribution in [3.63, 3.8) is 0 Å². The Kier molecular flexibility index (Phi) is 7.93. The Hall–Kier alpha value is -2.12. The van der Waals surface area contributed by atoms with Gasteiger partial charge in [-0.2, -0.15) is 0 Å². The Labute approximate surface area is 208 Å². The van der Waals surface area contributed by atoms with Crippen LogP contribution in [0.2, 0.25) is 0 Å². The van der Waals surface area contributed by atoms with Gasteiger partial charge in [-0.3, -0.25) is 4.79 Å². The second-order valence-electron chi connectivity index (χ2n) is 10.5. The van der Waals surface area contributed by atoms with E-state index in [0.717, 1.165) is 50.9 Å². The van der Waals surface area contributed by atoms with Crippen molar-refractivity contribution in [2.24, 2.45) is 11.8 Å². The van der Waals surface area contributed by atoms with E-state index in [4.69, 9.17) is 9.47 Å². The summed E-state index contributed by atoms with van der Waals surface area (Å²) >= 11 is 0. The van der Waals surface area contributed by atoms with Crippen LogP contribution >= 0.6 is 0 Å². The van der Waals surface area contributed by atoms with Crippen LogP contribution in [-0.4, -0.2) is 61.9 Å². The van der Waals surface area contributed by atoms with E-state index in [2.05, 4.69) is 10.2 Å². The Balaban J connectivity index is 1.20. The molecule has 6 heteroatoms. The lowest BCUT2D eigenvalue weighted by Gasteiger charge is -2.44. The van der Waals surface area contributed by atoms with Crippen LogP contribution in [0.4, 0.5) is 4.39 Å². The number of nitrogens with one attached hydrogen (secondary N) is 1. The van der Waals surface area contributed by atoms with Crippen LogP contribution in [0, 0.1) is 17.7 Å². The lowest BCUT2D eigenvalue weighted by molar-refractivity contribution is -0.189. The Morgan fingerprint density at radius 2 is 1.83 bits per heavy atom. The van der Waals surface area contributed by atoms with Gasteiger partial charge in [-0.15, -0.1) is 0 Å². The van der Waals surface area contributed by atoms with E-state index in [9.17, 15) is 9.18 Å². The number of ketones is 1. The van der Waals surface area contributed by atoms with Crippen molar-refractivity contribution in [3.05, 3.63) is 71.5 Å². The first-order valence-corrected chi connectivity index (χ1v) is 13.1. The zero-order chi connectivity index (χ0) is 24.1. The van der Waals surface area contributed by atoms with Crippen molar-refractivity contribution < 1.29 is 18.7 Å². The molecular formula is C29H37FN2O3. The molecule has 2 aromatic rings. The maximum absolute atomic E-state index is 13.3. The largest absolute Gasteiger partial charge is 0.347 e. The summed E-state index contributed by atoms with van der Waals surface area (Å²) in [5.41, 5.74) is 1.96. The highest BCUT2D eigenvalue weighted by Gasteiger charge is 2.45. The van der Waals surface area contributed by atoms with Crippen molar-refractivity contribution in [3.8, 4) is 0 Å². The van der Waals surface area contributed by atoms with E-state index in [0.29, 0.717) is 31.6 Å². The zero-order valence-electron chi connectivity index (χ0n) is 20.5. The molecule has 0 amide bonds. The molecule has 0 aromatic heterocycles. The number of rotatable bonds is 8. The number of carbonyl (C=O) groups is 1. The van der Waals surface area contributed by atoms with Gasteiger partial charge in [0.2, 0.25) is 0 Å². The van der Waals surface area contributed by atoms with Crippen LogP contribution < -0.4 is 5.32 Å². The molecule has 5 rings (SSSR count). The Bertz CT molecular complexity index is 962. The molecule has 2 saturated heterocycles. The van der Waals surface area contributed by atoms with Crippen LogP contribution in [-0.2, 0) is 15.9 Å². The summed E-state index contributed by atoms with van der Waals surface area (Å²) in [7, 11) is 0. The molecule has 2 heterocycles. The van der Waals surface area contributed by atoms with Crippen molar-refractivity contribution >= 4 is 5.78 Å². The molecular weight excluding hydrogens is 443 g/mol. The smallest absolute Gasteiger partial charge is 0.176 e. The number of piperidine rings is 1. The van der Waals surface area contributed by atoms with Crippen LogP contribution in [0.3, 0.4) is 0 Å². The lowest BCUT2D eigenvalue weighted by Crippen LogP contribution is -2.53. The Morgan fingerprint density at radius 3 is 2.60 bits per heavy atom. The normalized spacial score (nSPS) is 26.7. The molecule has 1 aliphatic carbocycles. The van der Waals surface area contributed by atoms with E-state index in [-0.39, 0.29) is 17.6 Å². The topological polar surface area (TPSA) is 50.8 Å². The number of Topliss-reactive ketones (excluding diaryl/α,β-unsaturated/α-hetero) is 1. The number of nitrogens with zero attached hydrogens (tertiary/aromatic N) is 1. The van der Waals surface area contributed by atoms with Crippen LogP contribution in [0.15, 0.2) is 54.6 Å². The summed E-state index contributed by atoms with van der Waals surface area (Å²) < 4.78 is 25.4. The van der Waals surface area contributed by atoms with Crippen molar-refractivity contribution in [2.75, 3.05) is 39.4 Å². The number of hydrogen-bond donors (Lipinski definition) is 1. The van der Waals surface area contributed by atoms with Gasteiger partial charge in [0.15, 0.2) is 11.6 Å². The second kappa shape index (κ2) is 11.3. The standard InChI is InChI=1S/C29H37FN2O3/c30-26-10-8-22(9-11-26)17-23-5-4-14-32(20-23)21-25-12-13-29(34-15-16-35-29)18-27(25)31-19-28(33)24-6-2-1-3-7-24/h1-3,6-11,23,25,27,31H,4-5,12-21H2/t23-,25-,27+/m0/s1. The molecule has 2 aliphatic heterocycles. The summed E-state index contributed by atoms with van der Waals surface area (Å²) in [5, 5.41) is 3.60. The molecule has 1 N–H and O–H groups in total. The van der Waals surface area contributed by atoms with Crippen LogP contribution in [0.1, 0.15) is 48.0 Å². The maximum Gasteiger partial charge on any atom is 0.176 e. The molecule has 0 bridgehead atoms. The van der Waals surface area contributed by atoms with Gasteiger partial charge in [0.05, 0.1) is 19.8 Å². The van der Waals surface area contributed by atoms with Crippen molar-refractivity contribution in [2.45, 2.75) is 50.4 Å². The molecule has 188 valence electrons. The van der Waals surface area contributed by atoms with Gasteiger partial charge in [-0.05, 0) is 61.8 Å². The minimum Gasteiger partial charge on any atom is -0.347 e. The van der Waals surface area contributed by atoms with Gasteiger partial charge in [0, 0.05) is 37.5 Å². The monoisotopic (exact) mass is 480 g/mol. The predicted octanol–water partition coefficient (Wildman–Crippen LogP) is 4.46. The third-order valence-corrected chi connectivity index (χ3v) is 7.96. The predicted molar refractivity (Wildman–Crippen MR) is 134 cm³/mol. The number of hydrogen-bond acceptors (Lipinski definition) is 5. The molecule has 5 nitrogen and oxygen atoms in total. The van der Waals surface area contributed by atoms with E-state index in [1.165, 1.54) is 18.4 Å². The number of carbonyl (C=O) groups excluding carboxylic acids is 1. The fraction of sp³-hybridized carbons (Fsp3) is 0.552. The number of benzene rings is 2. The quantitative estimate of drug-likeness (QED) is 0.566. The van der Waals surface area contributed by atoms with Crippen molar-refractivity contribution in [1.82, 2.24) is 10.2 Å². The number of halogens is 1. The Morgan fingerprint density at radius 1 is 1.06 bits per heavy atom. The van der Waals surface area contributed by atoms with E-state index in [1.807, 2.05) is 42.5 Å². The molecule has 35 heavy (non-hydrogen) atoms. The average Bonchev–Trinajstić information content (AvgIpc) is 3.34. The van der Waals surface area contributed by atoms with Gasteiger partial charge >= 0.3 is 0 Å². The highest BCUT2D eigenvalue weighted by atomic mass is 19.1. The highest BCUT2D eigenvalue weighted by molar-refractivity contribution is 5.97. The third kappa shape index (κ3) is 6.36. The summed E-state index contributed by atoms with van der Waals surface area (Å²) in [6.07, 6.45) is 6.13. The van der Waals surface area contributed by atoms with Crippen molar-refractivity contribution in [1.29, 1.82) is 0 Å². The first-order valence-electron chi connectivity index (χ1n) is 13.1. The van der Waals surface area contributed by atoms with E-state index < -0.39 is 5.79 Å². The molecule has 2 aromatic carbocycles. The summed E-state index contributed by atoms with van der Waals surface area (Å²) in [6.45, 7) is 4.84. The third-order valence-electron chi connectivity index (χ3n) is 7.96. The lowest BCUT2D eigenvalue weighted by atomic mass is 9.79. The molecule has 3 atom stereocenters. The minimum atomic E-state index is -0.489. The summed E-state index contributed by atoms with van der Waals surface area (Å²) in [4.78, 5) is 15.4. The number of ether oxygens (including phenoxy) is 2. The van der Waals surface area contributed by atoms with Gasteiger partial charge in [-0.25, -0.2) is 4.39 Å². The second-order valence-corrected chi connectivity index (χ2v) is 10.5. The first-order chi connectivity index (χ1) is 17.1. The van der Waals surface area contributed by atoms with Crippen LogP contribution in [0.25, 0.3) is 0 Å². The van der Waals surface area contributed by atoms with Gasteiger partial charge in [0.1, 0.15) is 5.82 Å². The van der Waals surface area contributed by atoms with Gasteiger partial charge in [0.25, 0.3) is 0 Å². The SMILES string of the molecule is O=C(CN[C@@H]1CC2(CC[C@H]1CN1CCC[C@@H](Cc3ccc(F)cc3)C1)OCCO2)c1ccccc1. The minimum absolute atomic E-state index is 0.120. The zero-order valence-corrected chi connectivity index (χ0v) is 20.5. The van der Waals surface area contributed by atoms with Gasteiger partial charge < -0.3 is 19.7 Å². The fourth-order valence-corrected chi connectivity index (χ4v) is 6.15. The van der Waals surface area contributed by atoms with E-state index in [1.54, 1.807) is 12.1 Å². The van der Waals surface area contributed by atoms with E-state index >= 15 is 0 Å². The molecule has 0 unspecified atom stereocenters. The fourth-order valence-electron chi connectivity index (χ4n) is 6.15. The molecule has 1 spiro atoms. The summed E-state index contributed by atoms with van der Waals surface area (Å²) in [5.74, 6) is 0.498. The molecule has 3 fully saturated rings. The maximum atomic E-state index is 13.3. The highest BCUT2D eigenvalue weighted by Crippen LogP contribution is 2.39. The molecule has 3 aliphatic rings. The van der Waals surface area contributed by atoms with Crippen LogP contribution in [0.5, 0.6) is 0 Å². The average molecular weight is 481 g/mol. The molecule has 0 radical (unpaired) electrons. The van der Waals surface area contributed by atoms with Gasteiger partial charge in [-0.1, -0.05) is 42.5 Å². The molecule has 1 saturated carbocycles. The first kappa shape index (κ1) is 24.6. The summed E-state index contributed by atoms with van der Waals surface area (Å²) in [6, 6.07) is 16.6. The number of likely N-dealkylation sites (tertiary alicyclic amines) is 1.